The zero-order valence-electron chi connectivity index (χ0n) is 13.6. The third kappa shape index (κ3) is 3.27. The van der Waals surface area contributed by atoms with Gasteiger partial charge in [-0.15, -0.1) is 0 Å². The molecule has 0 unspecified atom stereocenters. The van der Waals surface area contributed by atoms with Gasteiger partial charge in [-0.25, -0.2) is 4.79 Å². The normalized spacial score (nSPS) is 19.9. The number of hydrogen-bond acceptors (Lipinski definition) is 4. The molecule has 6 heteroatoms. The number of rotatable bonds is 1. The van der Waals surface area contributed by atoms with E-state index in [1.54, 1.807) is 4.90 Å². The predicted molar refractivity (Wildman–Crippen MR) is 81.7 cm³/mol. The number of H-pyrrole nitrogens is 1. The van der Waals surface area contributed by atoms with Gasteiger partial charge in [0, 0.05) is 36.7 Å². The van der Waals surface area contributed by atoms with Crippen LogP contribution in [0.3, 0.4) is 0 Å². The molecule has 0 saturated carbocycles. The van der Waals surface area contributed by atoms with E-state index in [2.05, 4.69) is 10.2 Å². The molecule has 22 heavy (non-hydrogen) atoms. The first kappa shape index (κ1) is 15.3. The van der Waals surface area contributed by atoms with Crippen LogP contribution >= 0.6 is 0 Å². The Kier molecular flexibility index (Phi) is 4.12. The molecule has 1 amide bonds. The quantitative estimate of drug-likeness (QED) is 0.866. The number of nitrogens with one attached hydrogen (secondary N) is 1. The van der Waals surface area contributed by atoms with Crippen LogP contribution in [0, 0.1) is 0 Å². The Hall–Kier alpha value is -1.56. The Morgan fingerprint density at radius 3 is 2.77 bits per heavy atom. The van der Waals surface area contributed by atoms with E-state index in [-0.39, 0.29) is 6.09 Å². The second kappa shape index (κ2) is 5.91. The van der Waals surface area contributed by atoms with Gasteiger partial charge in [-0.2, -0.15) is 5.10 Å². The van der Waals surface area contributed by atoms with Crippen LogP contribution in [0.25, 0.3) is 0 Å². The summed E-state index contributed by atoms with van der Waals surface area (Å²) in [5, 5.41) is 7.66. The molecule has 0 spiro atoms. The Labute approximate surface area is 131 Å². The topological polar surface area (TPSA) is 67.5 Å². The van der Waals surface area contributed by atoms with Gasteiger partial charge in [-0.3, -0.25) is 5.10 Å². The lowest BCUT2D eigenvalue weighted by Gasteiger charge is -2.33. The van der Waals surface area contributed by atoms with Crippen molar-refractivity contribution in [1.29, 1.82) is 0 Å². The standard InChI is InChI=1S/C16H25N3O3/c1-16(2,3)22-15(20)19-7-4-11(5-8-19)14-12-10-21-9-6-13(12)17-18-14/h11H,4-10H2,1-3H3,(H,17,18). The molecule has 2 aliphatic rings. The van der Waals surface area contributed by atoms with E-state index < -0.39 is 5.60 Å². The second-order valence-electron chi connectivity index (χ2n) is 7.11. The van der Waals surface area contributed by atoms with Crippen molar-refractivity contribution in [3.8, 4) is 0 Å². The van der Waals surface area contributed by atoms with E-state index in [0.29, 0.717) is 12.5 Å². The van der Waals surface area contributed by atoms with Crippen molar-refractivity contribution in [2.75, 3.05) is 19.7 Å². The number of carbonyl (C=O) groups excluding carboxylic acids is 1. The summed E-state index contributed by atoms with van der Waals surface area (Å²) in [4.78, 5) is 13.9. The van der Waals surface area contributed by atoms with Crippen LogP contribution in [0.15, 0.2) is 0 Å². The van der Waals surface area contributed by atoms with Gasteiger partial charge in [0.15, 0.2) is 0 Å². The fraction of sp³-hybridized carbons (Fsp3) is 0.750. The number of fused-ring (bicyclic) bond motifs is 1. The highest BCUT2D eigenvalue weighted by atomic mass is 16.6. The summed E-state index contributed by atoms with van der Waals surface area (Å²) >= 11 is 0. The average Bonchev–Trinajstić information content (AvgIpc) is 2.89. The third-order valence-corrected chi connectivity index (χ3v) is 4.26. The predicted octanol–water partition coefficient (Wildman–Crippen LogP) is 2.60. The summed E-state index contributed by atoms with van der Waals surface area (Å²) in [7, 11) is 0. The maximum absolute atomic E-state index is 12.1. The van der Waals surface area contributed by atoms with Crippen molar-refractivity contribution in [2.45, 2.75) is 58.2 Å². The minimum Gasteiger partial charge on any atom is -0.444 e. The number of amides is 1. The molecule has 0 aliphatic carbocycles. The minimum absolute atomic E-state index is 0.210. The average molecular weight is 307 g/mol. The van der Waals surface area contributed by atoms with Crippen molar-refractivity contribution in [2.24, 2.45) is 0 Å². The van der Waals surface area contributed by atoms with Crippen molar-refractivity contribution in [1.82, 2.24) is 15.1 Å². The molecule has 1 aromatic rings. The van der Waals surface area contributed by atoms with Gasteiger partial charge in [0.2, 0.25) is 0 Å². The van der Waals surface area contributed by atoms with Crippen molar-refractivity contribution in [3.63, 3.8) is 0 Å². The third-order valence-electron chi connectivity index (χ3n) is 4.26. The molecular formula is C16H25N3O3. The molecule has 0 bridgehead atoms. The van der Waals surface area contributed by atoms with Gasteiger partial charge in [0.1, 0.15) is 5.60 Å². The molecule has 6 nitrogen and oxygen atoms in total. The molecule has 0 aromatic carbocycles. The fourth-order valence-corrected chi connectivity index (χ4v) is 3.13. The first-order valence-corrected chi connectivity index (χ1v) is 8.06. The molecule has 2 aliphatic heterocycles. The lowest BCUT2D eigenvalue weighted by Crippen LogP contribution is -2.41. The molecule has 0 atom stereocenters. The van der Waals surface area contributed by atoms with Crippen LogP contribution in [0.4, 0.5) is 4.79 Å². The lowest BCUT2D eigenvalue weighted by molar-refractivity contribution is 0.0203. The SMILES string of the molecule is CC(C)(C)OC(=O)N1CCC(c2n[nH]c3c2COCC3)CC1. The van der Waals surface area contributed by atoms with Crippen molar-refractivity contribution in [3.05, 3.63) is 17.0 Å². The largest absolute Gasteiger partial charge is 0.444 e. The fourth-order valence-electron chi connectivity index (χ4n) is 3.13. The van der Waals surface area contributed by atoms with Gasteiger partial charge < -0.3 is 14.4 Å². The Morgan fingerprint density at radius 1 is 1.36 bits per heavy atom. The summed E-state index contributed by atoms with van der Waals surface area (Å²) in [6.45, 7) is 8.57. The van der Waals surface area contributed by atoms with Crippen LogP contribution in [0.5, 0.6) is 0 Å². The molecule has 1 saturated heterocycles. The summed E-state index contributed by atoms with van der Waals surface area (Å²) in [6.07, 6.45) is 2.56. The maximum Gasteiger partial charge on any atom is 0.410 e. The highest BCUT2D eigenvalue weighted by Crippen LogP contribution is 2.32. The number of piperidine rings is 1. The van der Waals surface area contributed by atoms with Gasteiger partial charge in [0.25, 0.3) is 0 Å². The van der Waals surface area contributed by atoms with E-state index in [1.807, 2.05) is 20.8 Å². The Balaban J connectivity index is 1.60. The first-order chi connectivity index (χ1) is 10.4. The summed E-state index contributed by atoms with van der Waals surface area (Å²) in [6, 6.07) is 0. The lowest BCUT2D eigenvalue weighted by atomic mass is 9.90. The van der Waals surface area contributed by atoms with Gasteiger partial charge in [-0.1, -0.05) is 0 Å². The summed E-state index contributed by atoms with van der Waals surface area (Å²) in [5.41, 5.74) is 3.16. The first-order valence-electron chi connectivity index (χ1n) is 8.06. The molecular weight excluding hydrogens is 282 g/mol. The number of ether oxygens (including phenoxy) is 2. The van der Waals surface area contributed by atoms with Gasteiger partial charge >= 0.3 is 6.09 Å². The molecule has 122 valence electrons. The zero-order valence-corrected chi connectivity index (χ0v) is 13.6. The van der Waals surface area contributed by atoms with E-state index in [9.17, 15) is 4.79 Å². The second-order valence-corrected chi connectivity index (χ2v) is 7.11. The number of aromatic nitrogens is 2. The van der Waals surface area contributed by atoms with Crippen molar-refractivity contribution >= 4 is 6.09 Å². The number of carbonyl (C=O) groups is 1. The molecule has 1 N–H and O–H groups in total. The minimum atomic E-state index is -0.438. The highest BCUT2D eigenvalue weighted by molar-refractivity contribution is 5.68. The van der Waals surface area contributed by atoms with E-state index in [4.69, 9.17) is 9.47 Å². The molecule has 1 fully saturated rings. The smallest absolute Gasteiger partial charge is 0.410 e. The van der Waals surface area contributed by atoms with Crippen LogP contribution in [-0.2, 0) is 22.5 Å². The number of hydrogen-bond donors (Lipinski definition) is 1. The van der Waals surface area contributed by atoms with Gasteiger partial charge in [0.05, 0.1) is 18.9 Å². The number of nitrogens with zero attached hydrogens (tertiary/aromatic N) is 2. The van der Waals surface area contributed by atoms with Crippen LogP contribution < -0.4 is 0 Å². The molecule has 1 aromatic heterocycles. The van der Waals surface area contributed by atoms with Crippen molar-refractivity contribution < 1.29 is 14.3 Å². The van der Waals surface area contributed by atoms with E-state index in [1.165, 1.54) is 11.3 Å². The van der Waals surface area contributed by atoms with Crippen LogP contribution in [-0.4, -0.2) is 46.5 Å². The van der Waals surface area contributed by atoms with Crippen LogP contribution in [0.2, 0.25) is 0 Å². The van der Waals surface area contributed by atoms with Crippen LogP contribution in [0.1, 0.15) is 56.5 Å². The summed E-state index contributed by atoms with van der Waals surface area (Å²) in [5.74, 6) is 0.403. The Bertz CT molecular complexity index is 539. The molecule has 0 radical (unpaired) electrons. The van der Waals surface area contributed by atoms with E-state index in [0.717, 1.165) is 44.7 Å². The maximum atomic E-state index is 12.1. The zero-order chi connectivity index (χ0) is 15.7. The molecule has 3 rings (SSSR count). The highest BCUT2D eigenvalue weighted by Gasteiger charge is 2.30. The monoisotopic (exact) mass is 307 g/mol. The summed E-state index contributed by atoms with van der Waals surface area (Å²) < 4.78 is 11.0. The number of aromatic amines is 1. The number of likely N-dealkylation sites (tertiary alicyclic amines) is 1. The Morgan fingerprint density at radius 2 is 2.09 bits per heavy atom. The molecule has 3 heterocycles. The van der Waals surface area contributed by atoms with E-state index >= 15 is 0 Å². The van der Waals surface area contributed by atoms with Gasteiger partial charge in [-0.05, 0) is 33.6 Å².